The summed E-state index contributed by atoms with van der Waals surface area (Å²) in [7, 11) is -3.64. The fourth-order valence-electron chi connectivity index (χ4n) is 2.61. The Morgan fingerprint density at radius 3 is 2.71 bits per heavy atom. The molecule has 2 atom stereocenters. The van der Waals surface area contributed by atoms with E-state index < -0.39 is 15.8 Å². The first-order valence-corrected chi connectivity index (χ1v) is 8.28. The van der Waals surface area contributed by atoms with E-state index in [0.717, 1.165) is 18.9 Å². The van der Waals surface area contributed by atoms with Gasteiger partial charge in [0.2, 0.25) is 10.0 Å². The second-order valence-electron chi connectivity index (χ2n) is 5.53. The molecular weight excluding hydrogens is 315 g/mol. The predicted molar refractivity (Wildman–Crippen MR) is 83.5 cm³/mol. The molecular formula is C14H22ClFN2O2S. The summed E-state index contributed by atoms with van der Waals surface area (Å²) in [5.41, 5.74) is 6.45. The van der Waals surface area contributed by atoms with Gasteiger partial charge >= 0.3 is 0 Å². The Kier molecular flexibility index (Phi) is 6.16. The Morgan fingerprint density at radius 1 is 1.43 bits per heavy atom. The zero-order chi connectivity index (χ0) is 14.9. The van der Waals surface area contributed by atoms with Gasteiger partial charge < -0.3 is 5.73 Å². The molecule has 7 heteroatoms. The molecule has 1 saturated heterocycles. The van der Waals surface area contributed by atoms with Crippen molar-refractivity contribution in [2.75, 3.05) is 13.1 Å². The van der Waals surface area contributed by atoms with Gasteiger partial charge in [-0.25, -0.2) is 12.8 Å². The van der Waals surface area contributed by atoms with E-state index in [1.54, 1.807) is 6.92 Å². The van der Waals surface area contributed by atoms with Crippen LogP contribution in [0, 0.1) is 18.7 Å². The Morgan fingerprint density at radius 2 is 2.10 bits per heavy atom. The fourth-order valence-corrected chi connectivity index (χ4v) is 4.38. The molecule has 120 valence electrons. The average molecular weight is 337 g/mol. The van der Waals surface area contributed by atoms with E-state index in [9.17, 15) is 12.8 Å². The van der Waals surface area contributed by atoms with Gasteiger partial charge in [-0.15, -0.1) is 12.4 Å². The largest absolute Gasteiger partial charge is 0.328 e. The van der Waals surface area contributed by atoms with Crippen molar-refractivity contribution in [3.63, 3.8) is 0 Å². The molecule has 0 spiro atoms. The van der Waals surface area contributed by atoms with Crippen molar-refractivity contribution >= 4 is 22.4 Å². The van der Waals surface area contributed by atoms with Gasteiger partial charge in [0.1, 0.15) is 5.82 Å². The lowest BCUT2D eigenvalue weighted by atomic mass is 9.93. The maximum Gasteiger partial charge on any atom is 0.243 e. The molecule has 0 bridgehead atoms. The van der Waals surface area contributed by atoms with E-state index in [2.05, 4.69) is 0 Å². The van der Waals surface area contributed by atoms with Crippen LogP contribution in [-0.2, 0) is 10.0 Å². The summed E-state index contributed by atoms with van der Waals surface area (Å²) in [6.45, 7) is 4.46. The predicted octanol–water partition coefficient (Wildman–Crippen LogP) is 2.30. The van der Waals surface area contributed by atoms with Gasteiger partial charge in [-0.3, -0.25) is 0 Å². The van der Waals surface area contributed by atoms with E-state index in [1.165, 1.54) is 16.4 Å². The van der Waals surface area contributed by atoms with Crippen LogP contribution in [-0.4, -0.2) is 31.9 Å². The first-order valence-electron chi connectivity index (χ1n) is 6.84. The normalized spacial score (nSPS) is 21.6. The van der Waals surface area contributed by atoms with Gasteiger partial charge in [0.25, 0.3) is 0 Å². The summed E-state index contributed by atoms with van der Waals surface area (Å²) in [5, 5.41) is 0. The maximum absolute atomic E-state index is 13.3. The average Bonchev–Trinajstić information content (AvgIpc) is 2.41. The Labute approximate surface area is 132 Å². The summed E-state index contributed by atoms with van der Waals surface area (Å²) < 4.78 is 40.1. The van der Waals surface area contributed by atoms with Crippen molar-refractivity contribution in [3.8, 4) is 0 Å². The molecule has 2 unspecified atom stereocenters. The first-order chi connectivity index (χ1) is 9.32. The van der Waals surface area contributed by atoms with Crippen molar-refractivity contribution in [2.45, 2.75) is 37.6 Å². The number of sulfonamides is 1. The second-order valence-corrected chi connectivity index (χ2v) is 7.44. The van der Waals surface area contributed by atoms with E-state index in [-0.39, 0.29) is 29.3 Å². The quantitative estimate of drug-likeness (QED) is 0.921. The van der Waals surface area contributed by atoms with Gasteiger partial charge in [-0.1, -0.05) is 6.07 Å². The molecule has 0 saturated carbocycles. The third kappa shape index (κ3) is 3.94. The molecule has 1 aromatic carbocycles. The summed E-state index contributed by atoms with van der Waals surface area (Å²) in [5.74, 6) is -0.373. The minimum absolute atomic E-state index is 0. The van der Waals surface area contributed by atoms with Crippen LogP contribution in [0.15, 0.2) is 23.1 Å². The highest BCUT2D eigenvalue weighted by atomic mass is 35.5. The first kappa shape index (κ1) is 18.4. The third-order valence-corrected chi connectivity index (χ3v) is 5.94. The zero-order valence-electron chi connectivity index (χ0n) is 12.3. The number of benzene rings is 1. The van der Waals surface area contributed by atoms with Gasteiger partial charge in [0.05, 0.1) is 4.90 Å². The Bertz CT molecular complexity index is 593. The molecule has 1 heterocycles. The molecule has 0 aromatic heterocycles. The minimum Gasteiger partial charge on any atom is -0.328 e. The molecule has 1 aromatic rings. The SMILES string of the molecule is Cc1ccc(F)cc1S(=O)(=O)N1CCCC(C(C)N)C1.Cl. The highest BCUT2D eigenvalue weighted by Gasteiger charge is 2.32. The minimum atomic E-state index is -3.64. The molecule has 1 aliphatic heterocycles. The number of aryl methyl sites for hydroxylation is 1. The smallest absolute Gasteiger partial charge is 0.243 e. The summed E-state index contributed by atoms with van der Waals surface area (Å²) in [4.78, 5) is 0.0582. The van der Waals surface area contributed by atoms with Gasteiger partial charge in [0.15, 0.2) is 0 Å². The Hall–Kier alpha value is -0.690. The van der Waals surface area contributed by atoms with Crippen LogP contribution in [0.25, 0.3) is 0 Å². The number of hydrogen-bond acceptors (Lipinski definition) is 3. The van der Waals surface area contributed by atoms with Crippen LogP contribution >= 0.6 is 12.4 Å². The van der Waals surface area contributed by atoms with Crippen molar-refractivity contribution in [1.29, 1.82) is 0 Å². The van der Waals surface area contributed by atoms with Crippen molar-refractivity contribution in [3.05, 3.63) is 29.6 Å². The lowest BCUT2D eigenvalue weighted by Crippen LogP contribution is -2.45. The number of nitrogens with two attached hydrogens (primary N) is 1. The molecule has 1 aliphatic rings. The monoisotopic (exact) mass is 336 g/mol. The van der Waals surface area contributed by atoms with E-state index in [4.69, 9.17) is 5.73 Å². The molecule has 0 aliphatic carbocycles. The molecule has 2 rings (SSSR count). The molecule has 4 nitrogen and oxygen atoms in total. The summed E-state index contributed by atoms with van der Waals surface area (Å²) >= 11 is 0. The standard InChI is InChI=1S/C14H21FN2O2S.ClH/c1-10-5-6-13(15)8-14(10)20(18,19)17-7-3-4-12(9-17)11(2)16;/h5-6,8,11-12H,3-4,7,9,16H2,1-2H3;1H. The second kappa shape index (κ2) is 7.05. The number of piperidine rings is 1. The highest BCUT2D eigenvalue weighted by Crippen LogP contribution is 2.27. The highest BCUT2D eigenvalue weighted by molar-refractivity contribution is 7.89. The van der Waals surface area contributed by atoms with Crippen LogP contribution in [0.5, 0.6) is 0 Å². The zero-order valence-corrected chi connectivity index (χ0v) is 13.9. The van der Waals surface area contributed by atoms with Crippen LogP contribution in [0.1, 0.15) is 25.3 Å². The van der Waals surface area contributed by atoms with Crippen molar-refractivity contribution < 1.29 is 12.8 Å². The van der Waals surface area contributed by atoms with E-state index >= 15 is 0 Å². The lowest BCUT2D eigenvalue weighted by molar-refractivity contribution is 0.243. The fraction of sp³-hybridized carbons (Fsp3) is 0.571. The molecule has 0 radical (unpaired) electrons. The number of halogens is 2. The van der Waals surface area contributed by atoms with Crippen LogP contribution in [0.3, 0.4) is 0 Å². The number of nitrogens with zero attached hydrogens (tertiary/aromatic N) is 1. The molecule has 2 N–H and O–H groups in total. The lowest BCUT2D eigenvalue weighted by Gasteiger charge is -2.34. The van der Waals surface area contributed by atoms with Crippen molar-refractivity contribution in [1.82, 2.24) is 4.31 Å². The molecule has 0 amide bonds. The molecule has 1 fully saturated rings. The van der Waals surface area contributed by atoms with Gasteiger partial charge in [-0.05, 0) is 50.3 Å². The number of hydrogen-bond donors (Lipinski definition) is 1. The molecule has 21 heavy (non-hydrogen) atoms. The van der Waals surface area contributed by atoms with Crippen LogP contribution in [0.2, 0.25) is 0 Å². The number of rotatable bonds is 3. The van der Waals surface area contributed by atoms with Gasteiger partial charge in [-0.2, -0.15) is 4.31 Å². The van der Waals surface area contributed by atoms with E-state index in [1.807, 2.05) is 6.92 Å². The van der Waals surface area contributed by atoms with Gasteiger partial charge in [0, 0.05) is 19.1 Å². The topological polar surface area (TPSA) is 63.4 Å². The van der Waals surface area contributed by atoms with E-state index in [0.29, 0.717) is 18.7 Å². The third-order valence-electron chi connectivity index (χ3n) is 3.93. The summed E-state index contributed by atoms with van der Waals surface area (Å²) in [6, 6.07) is 3.83. The Balaban J connectivity index is 0.00000220. The summed E-state index contributed by atoms with van der Waals surface area (Å²) in [6.07, 6.45) is 1.73. The van der Waals surface area contributed by atoms with Crippen LogP contribution < -0.4 is 5.73 Å². The maximum atomic E-state index is 13.3. The van der Waals surface area contributed by atoms with Crippen molar-refractivity contribution in [2.24, 2.45) is 11.7 Å². The van der Waals surface area contributed by atoms with Crippen LogP contribution in [0.4, 0.5) is 4.39 Å².